The van der Waals surface area contributed by atoms with Crippen LogP contribution in [0.5, 0.6) is 0 Å². The molecule has 15 heavy (non-hydrogen) atoms. The first kappa shape index (κ1) is 10.3. The maximum Gasteiger partial charge on any atom is 0.132 e. The largest absolute Gasteiger partial charge is 0.392 e. The topological polar surface area (TPSA) is 20.2 Å². The van der Waals surface area contributed by atoms with Crippen molar-refractivity contribution in [3.63, 3.8) is 0 Å². The minimum absolute atomic E-state index is 0.135. The van der Waals surface area contributed by atoms with E-state index in [1.54, 1.807) is 12.1 Å². The highest BCUT2D eigenvalue weighted by Gasteiger charge is 2.11. The van der Waals surface area contributed by atoms with Crippen LogP contribution in [-0.4, -0.2) is 5.11 Å². The summed E-state index contributed by atoms with van der Waals surface area (Å²) in [5, 5.41) is 11.1. The summed E-state index contributed by atoms with van der Waals surface area (Å²) in [7, 11) is 0. The average Bonchev–Trinajstić information content (AvgIpc) is 2.64. The second-order valence-corrected chi connectivity index (χ2v) is 4.33. The lowest BCUT2D eigenvalue weighted by Gasteiger charge is -2.05. The Hall–Kier alpha value is -1.19. The molecule has 3 heteroatoms. The molecule has 1 aromatic heterocycles. The minimum atomic E-state index is -0.275. The number of benzene rings is 1. The molecule has 0 aliphatic rings. The monoisotopic (exact) mass is 222 g/mol. The molecular weight excluding hydrogens is 211 g/mol. The summed E-state index contributed by atoms with van der Waals surface area (Å²) in [6, 6.07) is 6.71. The van der Waals surface area contributed by atoms with Crippen molar-refractivity contribution >= 4 is 11.3 Å². The maximum atomic E-state index is 13.6. The van der Waals surface area contributed by atoms with Crippen molar-refractivity contribution in [3.8, 4) is 10.4 Å². The molecule has 0 radical (unpaired) electrons. The number of aliphatic hydroxyl groups excluding tert-OH is 1. The second kappa shape index (κ2) is 4.13. The van der Waals surface area contributed by atoms with Crippen molar-refractivity contribution in [1.29, 1.82) is 0 Å². The Kier molecular flexibility index (Phi) is 2.84. The predicted octanol–water partition coefficient (Wildman–Crippen LogP) is 3.35. The fraction of sp³-hybridized carbons (Fsp3) is 0.167. The molecule has 0 aliphatic heterocycles. The zero-order valence-electron chi connectivity index (χ0n) is 8.33. The molecule has 0 aliphatic carbocycles. The molecule has 0 atom stereocenters. The molecule has 2 rings (SSSR count). The second-order valence-electron chi connectivity index (χ2n) is 3.42. The van der Waals surface area contributed by atoms with E-state index in [1.807, 2.05) is 18.4 Å². The SMILES string of the molecule is Cc1csc(-c2c(F)cccc2CO)c1. The zero-order valence-corrected chi connectivity index (χ0v) is 9.14. The van der Waals surface area contributed by atoms with Crippen LogP contribution in [0.25, 0.3) is 10.4 Å². The lowest BCUT2D eigenvalue weighted by molar-refractivity contribution is 0.282. The highest BCUT2D eigenvalue weighted by atomic mass is 32.1. The molecule has 0 saturated carbocycles. The van der Waals surface area contributed by atoms with Crippen LogP contribution < -0.4 is 0 Å². The third-order valence-electron chi connectivity index (χ3n) is 2.25. The van der Waals surface area contributed by atoms with E-state index in [2.05, 4.69) is 0 Å². The summed E-state index contributed by atoms with van der Waals surface area (Å²) >= 11 is 1.50. The van der Waals surface area contributed by atoms with Gasteiger partial charge in [-0.25, -0.2) is 4.39 Å². The van der Waals surface area contributed by atoms with Crippen molar-refractivity contribution in [3.05, 3.63) is 46.6 Å². The van der Waals surface area contributed by atoms with Crippen LogP contribution >= 0.6 is 11.3 Å². The molecule has 0 bridgehead atoms. The van der Waals surface area contributed by atoms with E-state index in [4.69, 9.17) is 5.11 Å². The fourth-order valence-corrected chi connectivity index (χ4v) is 2.52. The fourth-order valence-electron chi connectivity index (χ4n) is 1.54. The van der Waals surface area contributed by atoms with Crippen molar-refractivity contribution in [2.45, 2.75) is 13.5 Å². The van der Waals surface area contributed by atoms with Crippen LogP contribution in [0, 0.1) is 12.7 Å². The molecule has 0 spiro atoms. The number of hydrogen-bond acceptors (Lipinski definition) is 2. The van der Waals surface area contributed by atoms with E-state index in [0.29, 0.717) is 11.1 Å². The number of halogens is 1. The summed E-state index contributed by atoms with van der Waals surface area (Å²) in [6.07, 6.45) is 0. The quantitative estimate of drug-likeness (QED) is 0.826. The third kappa shape index (κ3) is 1.94. The molecule has 1 N–H and O–H groups in total. The molecular formula is C12H11FOS. The molecule has 0 fully saturated rings. The van der Waals surface area contributed by atoms with Crippen molar-refractivity contribution in [2.24, 2.45) is 0 Å². The first-order valence-corrected chi connectivity index (χ1v) is 5.54. The van der Waals surface area contributed by atoms with Crippen molar-refractivity contribution in [2.75, 3.05) is 0 Å². The highest BCUT2D eigenvalue weighted by molar-refractivity contribution is 7.13. The number of rotatable bonds is 2. The van der Waals surface area contributed by atoms with E-state index in [-0.39, 0.29) is 12.4 Å². The van der Waals surface area contributed by atoms with Gasteiger partial charge in [0.15, 0.2) is 0 Å². The lowest BCUT2D eigenvalue weighted by Crippen LogP contribution is -1.91. The van der Waals surface area contributed by atoms with Gasteiger partial charge in [-0.3, -0.25) is 0 Å². The normalized spacial score (nSPS) is 10.6. The Labute approximate surface area is 91.8 Å². The van der Waals surface area contributed by atoms with Gasteiger partial charge in [0.2, 0.25) is 0 Å². The van der Waals surface area contributed by atoms with Crippen LogP contribution in [0.1, 0.15) is 11.1 Å². The van der Waals surface area contributed by atoms with Gasteiger partial charge >= 0.3 is 0 Å². The van der Waals surface area contributed by atoms with Crippen LogP contribution in [0.2, 0.25) is 0 Å². The first-order chi connectivity index (χ1) is 7.22. The molecule has 0 saturated heterocycles. The van der Waals surface area contributed by atoms with E-state index in [9.17, 15) is 4.39 Å². The number of aliphatic hydroxyl groups is 1. The predicted molar refractivity (Wildman–Crippen MR) is 60.4 cm³/mol. The molecule has 0 unspecified atom stereocenters. The van der Waals surface area contributed by atoms with E-state index >= 15 is 0 Å². The van der Waals surface area contributed by atoms with Gasteiger partial charge in [0.1, 0.15) is 5.82 Å². The minimum Gasteiger partial charge on any atom is -0.392 e. The summed E-state index contributed by atoms with van der Waals surface area (Å²) in [5.74, 6) is -0.275. The zero-order chi connectivity index (χ0) is 10.8. The average molecular weight is 222 g/mol. The molecule has 0 amide bonds. The van der Waals surface area contributed by atoms with Gasteiger partial charge in [-0.15, -0.1) is 11.3 Å². The van der Waals surface area contributed by atoms with E-state index < -0.39 is 0 Å². The van der Waals surface area contributed by atoms with Gasteiger partial charge in [0.05, 0.1) is 6.61 Å². The Morgan fingerprint density at radius 2 is 2.20 bits per heavy atom. The summed E-state index contributed by atoms with van der Waals surface area (Å²) in [6.45, 7) is 1.84. The summed E-state index contributed by atoms with van der Waals surface area (Å²) < 4.78 is 13.6. The van der Waals surface area contributed by atoms with Gasteiger partial charge in [-0.2, -0.15) is 0 Å². The van der Waals surface area contributed by atoms with Gasteiger partial charge in [-0.05, 0) is 35.6 Å². The van der Waals surface area contributed by atoms with Crippen LogP contribution in [0.4, 0.5) is 4.39 Å². The van der Waals surface area contributed by atoms with Gasteiger partial charge in [-0.1, -0.05) is 12.1 Å². The molecule has 2 aromatic rings. The van der Waals surface area contributed by atoms with Crippen LogP contribution in [0.15, 0.2) is 29.6 Å². The highest BCUT2D eigenvalue weighted by Crippen LogP contribution is 2.32. The number of hydrogen-bond donors (Lipinski definition) is 1. The number of aryl methyl sites for hydroxylation is 1. The molecule has 1 nitrogen and oxygen atoms in total. The van der Waals surface area contributed by atoms with Crippen molar-refractivity contribution < 1.29 is 9.50 Å². The number of thiophene rings is 1. The standard InChI is InChI=1S/C12H11FOS/c1-8-5-11(15-7-8)12-9(6-14)3-2-4-10(12)13/h2-5,7,14H,6H2,1H3. The Bertz CT molecular complexity index is 476. The van der Waals surface area contributed by atoms with Gasteiger partial charge in [0, 0.05) is 10.4 Å². The summed E-state index contributed by atoms with van der Waals surface area (Å²) in [4.78, 5) is 0.870. The van der Waals surface area contributed by atoms with Crippen molar-refractivity contribution in [1.82, 2.24) is 0 Å². The first-order valence-electron chi connectivity index (χ1n) is 4.66. The Morgan fingerprint density at radius 1 is 1.40 bits per heavy atom. The van der Waals surface area contributed by atoms with E-state index in [1.165, 1.54) is 17.4 Å². The van der Waals surface area contributed by atoms with Crippen LogP contribution in [-0.2, 0) is 6.61 Å². The Balaban J connectivity index is 2.60. The lowest BCUT2D eigenvalue weighted by atomic mass is 10.1. The van der Waals surface area contributed by atoms with Crippen LogP contribution in [0.3, 0.4) is 0 Å². The molecule has 1 aromatic carbocycles. The Morgan fingerprint density at radius 3 is 2.80 bits per heavy atom. The summed E-state index contributed by atoms with van der Waals surface area (Å²) in [5.41, 5.74) is 2.28. The third-order valence-corrected chi connectivity index (χ3v) is 3.31. The smallest absolute Gasteiger partial charge is 0.132 e. The molecule has 1 heterocycles. The van der Waals surface area contributed by atoms with Gasteiger partial charge in [0.25, 0.3) is 0 Å². The maximum absolute atomic E-state index is 13.6. The molecule has 78 valence electrons. The van der Waals surface area contributed by atoms with E-state index in [0.717, 1.165) is 10.4 Å². The van der Waals surface area contributed by atoms with Gasteiger partial charge < -0.3 is 5.11 Å².